The predicted molar refractivity (Wildman–Crippen MR) is 54.3 cm³/mol. The molecule has 1 heterocycles. The summed E-state index contributed by atoms with van der Waals surface area (Å²) in [7, 11) is 0. The molecule has 1 amide bonds. The van der Waals surface area contributed by atoms with E-state index in [1.165, 1.54) is 11.1 Å². The Morgan fingerprint density at radius 3 is 2.79 bits per heavy atom. The number of nitrogens with one attached hydrogen (secondary N) is 1. The molecule has 74 valence electrons. The van der Waals surface area contributed by atoms with Gasteiger partial charge in [0.15, 0.2) is 0 Å². The van der Waals surface area contributed by atoms with Gasteiger partial charge in [-0.3, -0.25) is 4.79 Å². The molecule has 1 aromatic rings. The Bertz CT molecular complexity index is 347. The molecule has 0 aliphatic carbocycles. The number of amides is 1. The fourth-order valence-corrected chi connectivity index (χ4v) is 1.56. The van der Waals surface area contributed by atoms with E-state index in [1.807, 2.05) is 25.8 Å². The lowest BCUT2D eigenvalue weighted by Crippen LogP contribution is -2.31. The van der Waals surface area contributed by atoms with Gasteiger partial charge in [0, 0.05) is 12.1 Å². The molecular formula is C11H13NO2. The molecule has 0 atom stereocenters. The first-order chi connectivity index (χ1) is 6.77. The van der Waals surface area contributed by atoms with Gasteiger partial charge in [-0.2, -0.15) is 0 Å². The topological polar surface area (TPSA) is 46.2 Å². The summed E-state index contributed by atoms with van der Waals surface area (Å²) in [6.07, 6.45) is 0.961. The molecule has 1 aromatic carbocycles. The summed E-state index contributed by atoms with van der Waals surface area (Å²) in [4.78, 5) is 19.3. The standard InChI is InChI=1S/C10H11NO.CH2O/c1-7-2-3-9-8(6-7)4-5-11-10(9)12;1-2/h2-3,6H,4-5H2,1H3,(H,11,12);1H2. The van der Waals surface area contributed by atoms with Crippen molar-refractivity contribution in [1.29, 1.82) is 0 Å². The number of rotatable bonds is 0. The van der Waals surface area contributed by atoms with Crippen LogP contribution >= 0.6 is 0 Å². The van der Waals surface area contributed by atoms with Gasteiger partial charge in [0.1, 0.15) is 6.79 Å². The number of benzene rings is 1. The van der Waals surface area contributed by atoms with Gasteiger partial charge in [-0.05, 0) is 25.0 Å². The maximum Gasteiger partial charge on any atom is 0.251 e. The second kappa shape index (κ2) is 4.56. The van der Waals surface area contributed by atoms with Crippen molar-refractivity contribution in [2.75, 3.05) is 6.54 Å². The van der Waals surface area contributed by atoms with E-state index in [9.17, 15) is 4.79 Å². The quantitative estimate of drug-likeness (QED) is 0.667. The van der Waals surface area contributed by atoms with Crippen LogP contribution in [0.25, 0.3) is 0 Å². The van der Waals surface area contributed by atoms with Crippen LogP contribution in [0, 0.1) is 6.92 Å². The second-order valence-corrected chi connectivity index (χ2v) is 3.17. The highest BCUT2D eigenvalue weighted by molar-refractivity contribution is 5.96. The van der Waals surface area contributed by atoms with E-state index in [1.54, 1.807) is 0 Å². The molecule has 1 aliphatic heterocycles. The number of hydrogen-bond acceptors (Lipinski definition) is 2. The van der Waals surface area contributed by atoms with Crippen molar-refractivity contribution in [2.45, 2.75) is 13.3 Å². The molecule has 0 fully saturated rings. The van der Waals surface area contributed by atoms with Crippen LogP contribution in [0.1, 0.15) is 21.5 Å². The average Bonchev–Trinajstić information content (AvgIpc) is 2.21. The summed E-state index contributed by atoms with van der Waals surface area (Å²) in [5.74, 6) is 0.0660. The third kappa shape index (κ3) is 1.99. The van der Waals surface area contributed by atoms with E-state index in [-0.39, 0.29) is 5.91 Å². The van der Waals surface area contributed by atoms with Crippen molar-refractivity contribution < 1.29 is 9.59 Å². The Morgan fingerprint density at radius 1 is 1.36 bits per heavy atom. The lowest BCUT2D eigenvalue weighted by atomic mass is 9.98. The molecule has 3 heteroatoms. The zero-order valence-electron chi connectivity index (χ0n) is 8.17. The van der Waals surface area contributed by atoms with Crippen LogP contribution in [0.15, 0.2) is 18.2 Å². The molecule has 0 unspecified atom stereocenters. The van der Waals surface area contributed by atoms with Gasteiger partial charge >= 0.3 is 0 Å². The molecule has 0 bridgehead atoms. The number of hydrogen-bond donors (Lipinski definition) is 1. The first-order valence-corrected chi connectivity index (χ1v) is 4.44. The van der Waals surface area contributed by atoms with Crippen LogP contribution in [0.2, 0.25) is 0 Å². The summed E-state index contributed by atoms with van der Waals surface area (Å²) in [5, 5.41) is 2.82. The Hall–Kier alpha value is -1.64. The summed E-state index contributed by atoms with van der Waals surface area (Å²) < 4.78 is 0. The molecule has 0 radical (unpaired) electrons. The van der Waals surface area contributed by atoms with Gasteiger partial charge in [0.05, 0.1) is 0 Å². The van der Waals surface area contributed by atoms with Crippen molar-refractivity contribution in [2.24, 2.45) is 0 Å². The van der Waals surface area contributed by atoms with Gasteiger partial charge in [0.2, 0.25) is 0 Å². The first kappa shape index (κ1) is 10.4. The average molecular weight is 191 g/mol. The number of aryl methyl sites for hydroxylation is 1. The monoisotopic (exact) mass is 191 g/mol. The summed E-state index contributed by atoms with van der Waals surface area (Å²) in [6.45, 7) is 4.82. The molecular weight excluding hydrogens is 178 g/mol. The van der Waals surface area contributed by atoms with Crippen LogP contribution in [0.4, 0.5) is 0 Å². The molecule has 0 aromatic heterocycles. The van der Waals surface area contributed by atoms with Gasteiger partial charge in [-0.1, -0.05) is 17.7 Å². The fraction of sp³-hybridized carbons (Fsp3) is 0.273. The summed E-state index contributed by atoms with van der Waals surface area (Å²) in [5.41, 5.74) is 3.24. The van der Waals surface area contributed by atoms with E-state index >= 15 is 0 Å². The minimum absolute atomic E-state index is 0.0660. The Balaban J connectivity index is 0.000000461. The summed E-state index contributed by atoms with van der Waals surface area (Å²) >= 11 is 0. The van der Waals surface area contributed by atoms with Crippen LogP contribution < -0.4 is 5.32 Å². The molecule has 1 aliphatic rings. The molecule has 0 spiro atoms. The molecule has 1 N–H and O–H groups in total. The van der Waals surface area contributed by atoms with Crippen molar-refractivity contribution in [1.82, 2.24) is 5.32 Å². The molecule has 0 saturated carbocycles. The maximum absolute atomic E-state index is 11.3. The lowest BCUT2D eigenvalue weighted by Gasteiger charge is -2.16. The van der Waals surface area contributed by atoms with Crippen LogP contribution in [-0.2, 0) is 11.2 Å². The minimum atomic E-state index is 0.0660. The minimum Gasteiger partial charge on any atom is -0.352 e. The lowest BCUT2D eigenvalue weighted by molar-refractivity contribution is -0.0979. The maximum atomic E-state index is 11.3. The second-order valence-electron chi connectivity index (χ2n) is 3.17. The highest BCUT2D eigenvalue weighted by Gasteiger charge is 2.15. The highest BCUT2D eigenvalue weighted by atomic mass is 16.1. The van der Waals surface area contributed by atoms with E-state index in [0.29, 0.717) is 0 Å². The van der Waals surface area contributed by atoms with Crippen LogP contribution in [0.3, 0.4) is 0 Å². The van der Waals surface area contributed by atoms with E-state index < -0.39 is 0 Å². The summed E-state index contributed by atoms with van der Waals surface area (Å²) in [6, 6.07) is 5.97. The SMILES string of the molecule is C=O.Cc1ccc2c(c1)CCNC2=O. The molecule has 3 nitrogen and oxygen atoms in total. The zero-order chi connectivity index (χ0) is 10.6. The van der Waals surface area contributed by atoms with E-state index in [4.69, 9.17) is 4.79 Å². The van der Waals surface area contributed by atoms with Gasteiger partial charge in [-0.25, -0.2) is 0 Å². The predicted octanol–water partition coefficient (Wildman–Crippen LogP) is 1.10. The Morgan fingerprint density at radius 2 is 2.07 bits per heavy atom. The third-order valence-electron chi connectivity index (χ3n) is 2.19. The van der Waals surface area contributed by atoms with E-state index in [0.717, 1.165) is 18.5 Å². The normalized spacial score (nSPS) is 13.4. The van der Waals surface area contributed by atoms with Gasteiger partial charge < -0.3 is 10.1 Å². The van der Waals surface area contributed by atoms with Crippen molar-refractivity contribution in [3.05, 3.63) is 34.9 Å². The van der Waals surface area contributed by atoms with Crippen LogP contribution in [-0.4, -0.2) is 19.2 Å². The van der Waals surface area contributed by atoms with Crippen molar-refractivity contribution in [3.63, 3.8) is 0 Å². The largest absolute Gasteiger partial charge is 0.352 e. The number of carbonyl (C=O) groups excluding carboxylic acids is 2. The van der Waals surface area contributed by atoms with Crippen molar-refractivity contribution >= 4 is 12.7 Å². The van der Waals surface area contributed by atoms with Crippen molar-refractivity contribution in [3.8, 4) is 0 Å². The number of fused-ring (bicyclic) bond motifs is 1. The third-order valence-corrected chi connectivity index (χ3v) is 2.19. The first-order valence-electron chi connectivity index (χ1n) is 4.44. The molecule has 0 saturated heterocycles. The smallest absolute Gasteiger partial charge is 0.251 e. The fourth-order valence-electron chi connectivity index (χ4n) is 1.56. The molecule has 14 heavy (non-hydrogen) atoms. The Labute approximate surface area is 83.1 Å². The van der Waals surface area contributed by atoms with E-state index in [2.05, 4.69) is 11.4 Å². The zero-order valence-corrected chi connectivity index (χ0v) is 8.17. The van der Waals surface area contributed by atoms with Gasteiger partial charge in [-0.15, -0.1) is 0 Å². The molecule has 2 rings (SSSR count). The highest BCUT2D eigenvalue weighted by Crippen LogP contribution is 2.14. The number of carbonyl (C=O) groups is 2. The van der Waals surface area contributed by atoms with Crippen LogP contribution in [0.5, 0.6) is 0 Å². The Kier molecular flexibility index (Phi) is 3.40. The van der Waals surface area contributed by atoms with Gasteiger partial charge in [0.25, 0.3) is 5.91 Å².